The van der Waals surface area contributed by atoms with E-state index in [2.05, 4.69) is 5.32 Å². The van der Waals surface area contributed by atoms with Crippen molar-refractivity contribution >= 4 is 5.97 Å². The Balaban J connectivity index is 2.19. The Kier molecular flexibility index (Phi) is 2.65. The van der Waals surface area contributed by atoms with Gasteiger partial charge in [-0.25, -0.2) is 0 Å². The molecule has 1 aliphatic heterocycles. The molecule has 0 aromatic carbocycles. The highest BCUT2D eigenvalue weighted by molar-refractivity contribution is 5.66. The first-order valence-electron chi connectivity index (χ1n) is 3.27. The summed E-state index contributed by atoms with van der Waals surface area (Å²) >= 11 is 0. The van der Waals surface area contributed by atoms with Crippen molar-refractivity contribution in [3.63, 3.8) is 0 Å². The van der Waals surface area contributed by atoms with Crippen LogP contribution in [-0.2, 0) is 14.3 Å². The highest BCUT2D eigenvalue weighted by Gasteiger charge is 2.14. The molecule has 1 saturated heterocycles. The van der Waals surface area contributed by atoms with Crippen molar-refractivity contribution < 1.29 is 14.3 Å². The number of rotatable bonds is 1. The van der Waals surface area contributed by atoms with E-state index in [1.54, 1.807) is 0 Å². The molecular weight excluding hydrogens is 134 g/mol. The van der Waals surface area contributed by atoms with Gasteiger partial charge in [0, 0.05) is 13.5 Å². The number of carbonyl (C=O) groups is 1. The van der Waals surface area contributed by atoms with Crippen LogP contribution in [0.15, 0.2) is 0 Å². The fraction of sp³-hybridized carbons (Fsp3) is 0.833. The van der Waals surface area contributed by atoms with Crippen LogP contribution >= 0.6 is 0 Å². The van der Waals surface area contributed by atoms with Gasteiger partial charge < -0.3 is 9.47 Å². The van der Waals surface area contributed by atoms with Gasteiger partial charge in [-0.3, -0.25) is 10.1 Å². The van der Waals surface area contributed by atoms with Crippen LogP contribution in [0.1, 0.15) is 6.92 Å². The molecule has 0 aromatic heterocycles. The van der Waals surface area contributed by atoms with E-state index in [0.717, 1.165) is 6.54 Å². The summed E-state index contributed by atoms with van der Waals surface area (Å²) in [5.41, 5.74) is 0. The third-order valence-corrected chi connectivity index (χ3v) is 1.20. The molecule has 1 aliphatic rings. The summed E-state index contributed by atoms with van der Waals surface area (Å²) in [4.78, 5) is 10.4. The van der Waals surface area contributed by atoms with Crippen molar-refractivity contribution in [1.82, 2.24) is 5.32 Å². The zero-order chi connectivity index (χ0) is 7.40. The van der Waals surface area contributed by atoms with Gasteiger partial charge in [-0.15, -0.1) is 0 Å². The van der Waals surface area contributed by atoms with Crippen molar-refractivity contribution in [3.05, 3.63) is 0 Å². The van der Waals surface area contributed by atoms with Gasteiger partial charge in [-0.1, -0.05) is 0 Å². The van der Waals surface area contributed by atoms with Crippen LogP contribution in [0.2, 0.25) is 0 Å². The summed E-state index contributed by atoms with van der Waals surface area (Å²) in [6, 6.07) is 0. The Bertz CT molecular complexity index is 120. The second-order valence-corrected chi connectivity index (χ2v) is 2.13. The maximum absolute atomic E-state index is 10.4. The van der Waals surface area contributed by atoms with Crippen molar-refractivity contribution in [2.75, 3.05) is 19.8 Å². The average molecular weight is 145 g/mol. The molecule has 0 bridgehead atoms. The third-order valence-electron chi connectivity index (χ3n) is 1.20. The van der Waals surface area contributed by atoms with Crippen LogP contribution in [-0.4, -0.2) is 32.0 Å². The van der Waals surface area contributed by atoms with Crippen molar-refractivity contribution in [3.8, 4) is 0 Å². The number of hydrogen-bond donors (Lipinski definition) is 1. The van der Waals surface area contributed by atoms with E-state index in [1.165, 1.54) is 6.92 Å². The molecule has 4 nitrogen and oxygen atoms in total. The van der Waals surface area contributed by atoms with Gasteiger partial charge in [0.15, 0.2) is 6.23 Å². The Morgan fingerprint density at radius 3 is 3.10 bits per heavy atom. The molecule has 1 heterocycles. The van der Waals surface area contributed by atoms with Crippen LogP contribution in [0.5, 0.6) is 0 Å². The predicted molar refractivity (Wildman–Crippen MR) is 34.4 cm³/mol. The predicted octanol–water partition coefficient (Wildman–Crippen LogP) is -0.505. The largest absolute Gasteiger partial charge is 0.444 e. The number of carbonyl (C=O) groups excluding carboxylic acids is 1. The summed E-state index contributed by atoms with van der Waals surface area (Å²) in [6.45, 7) is 3.28. The highest BCUT2D eigenvalue weighted by atomic mass is 16.6. The standard InChI is InChI=1S/C6H11NO3/c1-5(8)10-6-4-9-3-2-7-6/h6-7H,2-4H2,1H3/t6-/m0/s1. The first-order valence-corrected chi connectivity index (χ1v) is 3.27. The van der Waals surface area contributed by atoms with Gasteiger partial charge in [0.25, 0.3) is 0 Å². The minimum Gasteiger partial charge on any atom is -0.444 e. The number of ether oxygens (including phenoxy) is 2. The third kappa shape index (κ3) is 2.33. The van der Waals surface area contributed by atoms with Gasteiger partial charge in [-0.05, 0) is 0 Å². The monoisotopic (exact) mass is 145 g/mol. The molecule has 4 heteroatoms. The van der Waals surface area contributed by atoms with E-state index >= 15 is 0 Å². The van der Waals surface area contributed by atoms with Crippen LogP contribution in [0.4, 0.5) is 0 Å². The van der Waals surface area contributed by atoms with Crippen LogP contribution < -0.4 is 5.32 Å². The minimum atomic E-state index is -0.275. The SMILES string of the molecule is CC(=O)O[C@H]1COCCN1. The van der Waals surface area contributed by atoms with Gasteiger partial charge in [0.1, 0.15) is 0 Å². The van der Waals surface area contributed by atoms with Gasteiger partial charge in [-0.2, -0.15) is 0 Å². The maximum Gasteiger partial charge on any atom is 0.304 e. The lowest BCUT2D eigenvalue weighted by Gasteiger charge is -2.22. The van der Waals surface area contributed by atoms with E-state index < -0.39 is 0 Å². The summed E-state index contributed by atoms with van der Waals surface area (Å²) in [7, 11) is 0. The molecule has 0 saturated carbocycles. The van der Waals surface area contributed by atoms with Crippen LogP contribution in [0.3, 0.4) is 0 Å². The molecule has 58 valence electrons. The van der Waals surface area contributed by atoms with E-state index in [1.807, 2.05) is 0 Å². The number of hydrogen-bond acceptors (Lipinski definition) is 4. The molecule has 1 atom stereocenters. The van der Waals surface area contributed by atoms with Crippen LogP contribution in [0, 0.1) is 0 Å². The number of nitrogens with one attached hydrogen (secondary N) is 1. The zero-order valence-electron chi connectivity index (χ0n) is 5.92. The smallest absolute Gasteiger partial charge is 0.304 e. The average Bonchev–Trinajstić information content (AvgIpc) is 1.88. The lowest BCUT2D eigenvalue weighted by atomic mass is 10.5. The van der Waals surface area contributed by atoms with E-state index in [4.69, 9.17) is 9.47 Å². The molecule has 1 rings (SSSR count). The maximum atomic E-state index is 10.4. The molecule has 0 aliphatic carbocycles. The molecule has 0 amide bonds. The Morgan fingerprint density at radius 2 is 2.60 bits per heavy atom. The van der Waals surface area contributed by atoms with Crippen LogP contribution in [0.25, 0.3) is 0 Å². The van der Waals surface area contributed by atoms with Gasteiger partial charge in [0.05, 0.1) is 13.2 Å². The second kappa shape index (κ2) is 3.53. The van der Waals surface area contributed by atoms with Crippen molar-refractivity contribution in [2.45, 2.75) is 13.2 Å². The second-order valence-electron chi connectivity index (χ2n) is 2.13. The number of esters is 1. The fourth-order valence-corrected chi connectivity index (χ4v) is 0.817. The summed E-state index contributed by atoms with van der Waals surface area (Å²) < 4.78 is 9.86. The fourth-order valence-electron chi connectivity index (χ4n) is 0.817. The molecule has 1 N–H and O–H groups in total. The van der Waals surface area contributed by atoms with E-state index in [9.17, 15) is 4.79 Å². The zero-order valence-corrected chi connectivity index (χ0v) is 5.92. The number of morpholine rings is 1. The van der Waals surface area contributed by atoms with Gasteiger partial charge in [0.2, 0.25) is 0 Å². The van der Waals surface area contributed by atoms with E-state index in [0.29, 0.717) is 13.2 Å². The summed E-state index contributed by atoms with van der Waals surface area (Å²) in [6.07, 6.45) is -0.244. The molecule has 0 spiro atoms. The minimum absolute atomic E-state index is 0.244. The summed E-state index contributed by atoms with van der Waals surface area (Å²) in [5.74, 6) is -0.275. The van der Waals surface area contributed by atoms with Crippen molar-refractivity contribution in [2.24, 2.45) is 0 Å². The molecule has 0 unspecified atom stereocenters. The molecule has 0 radical (unpaired) electrons. The molecular formula is C6H11NO3. The Hall–Kier alpha value is -0.610. The van der Waals surface area contributed by atoms with Gasteiger partial charge >= 0.3 is 5.97 Å². The molecule has 10 heavy (non-hydrogen) atoms. The quantitative estimate of drug-likeness (QED) is 0.505. The molecule has 1 fully saturated rings. The Labute approximate surface area is 59.5 Å². The lowest BCUT2D eigenvalue weighted by Crippen LogP contribution is -2.43. The molecule has 0 aromatic rings. The topological polar surface area (TPSA) is 47.6 Å². The first-order chi connectivity index (χ1) is 4.79. The Morgan fingerprint density at radius 1 is 1.80 bits per heavy atom. The lowest BCUT2D eigenvalue weighted by molar-refractivity contribution is -0.154. The normalized spacial score (nSPS) is 25.9. The first kappa shape index (κ1) is 7.50. The van der Waals surface area contributed by atoms with Crippen molar-refractivity contribution in [1.29, 1.82) is 0 Å². The highest BCUT2D eigenvalue weighted by Crippen LogP contribution is 1.94. The van der Waals surface area contributed by atoms with E-state index in [-0.39, 0.29) is 12.2 Å². The summed E-state index contributed by atoms with van der Waals surface area (Å²) in [5, 5.41) is 2.98.